The normalized spacial score (nSPS) is 17.6. The van der Waals surface area contributed by atoms with Crippen LogP contribution in [0, 0.1) is 5.92 Å². The fourth-order valence-corrected chi connectivity index (χ4v) is 2.87. The number of hydrogen-bond donors (Lipinski definition) is 3. The average molecular weight is 291 g/mol. The number of nitrogens with one attached hydrogen (secondary N) is 1. The predicted octanol–water partition coefficient (Wildman–Crippen LogP) is 1.62. The lowest BCUT2D eigenvalue weighted by Crippen LogP contribution is -2.37. The van der Waals surface area contributed by atoms with Crippen LogP contribution in [-0.4, -0.2) is 36.8 Å². The number of nitrogens with zero attached hydrogens (tertiary/aromatic N) is 1. The highest BCUT2D eigenvalue weighted by Gasteiger charge is 2.23. The van der Waals surface area contributed by atoms with Crippen LogP contribution in [0.1, 0.15) is 37.0 Å². The molecular formula is C16H25N3O2. The first-order valence-electron chi connectivity index (χ1n) is 7.63. The van der Waals surface area contributed by atoms with E-state index >= 15 is 0 Å². The topological polar surface area (TPSA) is 78.6 Å². The smallest absolute Gasteiger partial charge is 0.251 e. The number of carbonyl (C=O) groups excluding carboxylic acids is 1. The van der Waals surface area contributed by atoms with Crippen molar-refractivity contribution in [3.63, 3.8) is 0 Å². The summed E-state index contributed by atoms with van der Waals surface area (Å²) in [6.45, 7) is 6.13. The lowest BCUT2D eigenvalue weighted by molar-refractivity contribution is 0.0955. The third kappa shape index (κ3) is 3.67. The molecular weight excluding hydrogens is 266 g/mol. The van der Waals surface area contributed by atoms with Gasteiger partial charge in [0.05, 0.1) is 17.5 Å². The van der Waals surface area contributed by atoms with Crippen molar-refractivity contribution in [3.05, 3.63) is 23.8 Å². The Morgan fingerprint density at radius 3 is 2.67 bits per heavy atom. The van der Waals surface area contributed by atoms with E-state index in [0.29, 0.717) is 23.7 Å². The largest absolute Gasteiger partial charge is 0.397 e. The SMILES string of the molecule is CCNC(=O)c1ccc(N2CCC(C(C)O)CC2)c(N)c1. The van der Waals surface area contributed by atoms with Gasteiger partial charge in [-0.1, -0.05) is 0 Å². The van der Waals surface area contributed by atoms with Gasteiger partial charge in [-0.25, -0.2) is 0 Å². The first-order valence-corrected chi connectivity index (χ1v) is 7.63. The quantitative estimate of drug-likeness (QED) is 0.737. The molecule has 1 unspecified atom stereocenters. The van der Waals surface area contributed by atoms with Crippen LogP contribution in [0.25, 0.3) is 0 Å². The second-order valence-corrected chi connectivity index (χ2v) is 5.70. The van der Waals surface area contributed by atoms with E-state index in [1.807, 2.05) is 26.0 Å². The number of rotatable bonds is 4. The van der Waals surface area contributed by atoms with E-state index in [-0.39, 0.29) is 12.0 Å². The summed E-state index contributed by atoms with van der Waals surface area (Å²) >= 11 is 0. The van der Waals surface area contributed by atoms with Crippen molar-refractivity contribution in [2.24, 2.45) is 5.92 Å². The maximum absolute atomic E-state index is 11.8. The summed E-state index contributed by atoms with van der Waals surface area (Å²) in [5.74, 6) is 0.278. The summed E-state index contributed by atoms with van der Waals surface area (Å²) in [5, 5.41) is 12.4. The van der Waals surface area contributed by atoms with Gasteiger partial charge in [-0.2, -0.15) is 0 Å². The van der Waals surface area contributed by atoms with Gasteiger partial charge in [-0.15, -0.1) is 0 Å². The summed E-state index contributed by atoms with van der Waals surface area (Å²) in [5.41, 5.74) is 8.32. The van der Waals surface area contributed by atoms with E-state index in [1.165, 1.54) is 0 Å². The molecule has 0 saturated carbocycles. The maximum atomic E-state index is 11.8. The molecule has 1 aliphatic heterocycles. The number of hydrogen-bond acceptors (Lipinski definition) is 4. The molecule has 1 amide bonds. The van der Waals surface area contributed by atoms with Crippen LogP contribution in [0.2, 0.25) is 0 Å². The number of piperidine rings is 1. The standard InChI is InChI=1S/C16H25N3O2/c1-3-18-16(21)13-4-5-15(14(17)10-13)19-8-6-12(7-9-19)11(2)20/h4-5,10-12,20H,3,6-9,17H2,1-2H3,(H,18,21). The Morgan fingerprint density at radius 2 is 2.14 bits per heavy atom. The lowest BCUT2D eigenvalue weighted by Gasteiger charge is -2.35. The number of anilines is 2. The van der Waals surface area contributed by atoms with Crippen LogP contribution in [0.4, 0.5) is 11.4 Å². The van der Waals surface area contributed by atoms with Gasteiger partial charge in [0.2, 0.25) is 0 Å². The number of aliphatic hydroxyl groups is 1. The summed E-state index contributed by atoms with van der Waals surface area (Å²) in [4.78, 5) is 14.0. The van der Waals surface area contributed by atoms with Crippen LogP contribution in [-0.2, 0) is 0 Å². The van der Waals surface area contributed by atoms with Crippen molar-refractivity contribution < 1.29 is 9.90 Å². The molecule has 1 aromatic rings. The van der Waals surface area contributed by atoms with E-state index in [1.54, 1.807) is 6.07 Å². The monoisotopic (exact) mass is 291 g/mol. The molecule has 1 saturated heterocycles. The van der Waals surface area contributed by atoms with Gasteiger partial charge in [0.25, 0.3) is 5.91 Å². The van der Waals surface area contributed by atoms with Gasteiger partial charge in [0.1, 0.15) is 0 Å². The zero-order valence-electron chi connectivity index (χ0n) is 12.8. The Hall–Kier alpha value is -1.75. The van der Waals surface area contributed by atoms with E-state index in [2.05, 4.69) is 10.2 Å². The Morgan fingerprint density at radius 1 is 1.48 bits per heavy atom. The molecule has 1 heterocycles. The van der Waals surface area contributed by atoms with E-state index in [9.17, 15) is 9.90 Å². The lowest BCUT2D eigenvalue weighted by atomic mass is 9.92. The molecule has 0 radical (unpaired) electrons. The minimum absolute atomic E-state index is 0.0939. The number of nitrogen functional groups attached to an aromatic ring is 1. The van der Waals surface area contributed by atoms with Crippen LogP contribution < -0.4 is 16.0 Å². The molecule has 4 N–H and O–H groups in total. The molecule has 5 nitrogen and oxygen atoms in total. The Kier molecular flexibility index (Phi) is 5.07. The molecule has 5 heteroatoms. The molecule has 116 valence electrons. The Balaban J connectivity index is 2.06. The zero-order chi connectivity index (χ0) is 15.4. The number of aliphatic hydroxyl groups excluding tert-OH is 1. The minimum atomic E-state index is -0.246. The van der Waals surface area contributed by atoms with Gasteiger partial charge in [-0.3, -0.25) is 4.79 Å². The van der Waals surface area contributed by atoms with Gasteiger partial charge < -0.3 is 21.1 Å². The van der Waals surface area contributed by atoms with Crippen LogP contribution in [0.3, 0.4) is 0 Å². The second kappa shape index (κ2) is 6.80. The molecule has 21 heavy (non-hydrogen) atoms. The number of nitrogens with two attached hydrogens (primary N) is 1. The Bertz CT molecular complexity index is 494. The van der Waals surface area contributed by atoms with Crippen LogP contribution in [0.15, 0.2) is 18.2 Å². The van der Waals surface area contributed by atoms with E-state index in [4.69, 9.17) is 5.73 Å². The summed E-state index contributed by atoms with van der Waals surface area (Å²) in [7, 11) is 0. The molecule has 0 aromatic heterocycles. The molecule has 2 rings (SSSR count). The predicted molar refractivity (Wildman–Crippen MR) is 85.5 cm³/mol. The van der Waals surface area contributed by atoms with Crippen LogP contribution >= 0.6 is 0 Å². The van der Waals surface area contributed by atoms with Gasteiger partial charge >= 0.3 is 0 Å². The highest BCUT2D eigenvalue weighted by Crippen LogP contribution is 2.29. The maximum Gasteiger partial charge on any atom is 0.251 e. The molecule has 1 aliphatic rings. The number of carbonyl (C=O) groups is 1. The molecule has 1 atom stereocenters. The fraction of sp³-hybridized carbons (Fsp3) is 0.562. The highest BCUT2D eigenvalue weighted by atomic mass is 16.3. The number of amides is 1. The zero-order valence-corrected chi connectivity index (χ0v) is 12.8. The van der Waals surface area contributed by atoms with E-state index in [0.717, 1.165) is 31.6 Å². The van der Waals surface area contributed by atoms with Crippen LogP contribution in [0.5, 0.6) is 0 Å². The van der Waals surface area contributed by atoms with Crippen molar-refractivity contribution in [2.75, 3.05) is 30.3 Å². The third-order valence-corrected chi connectivity index (χ3v) is 4.19. The van der Waals surface area contributed by atoms with E-state index < -0.39 is 0 Å². The molecule has 0 aliphatic carbocycles. The molecule has 0 bridgehead atoms. The number of benzene rings is 1. The molecule has 1 aromatic carbocycles. The summed E-state index contributed by atoms with van der Waals surface area (Å²) in [6.07, 6.45) is 1.69. The third-order valence-electron chi connectivity index (χ3n) is 4.19. The summed E-state index contributed by atoms with van der Waals surface area (Å²) < 4.78 is 0. The summed E-state index contributed by atoms with van der Waals surface area (Å²) in [6, 6.07) is 5.47. The highest BCUT2D eigenvalue weighted by molar-refractivity contribution is 5.96. The average Bonchev–Trinajstić information content (AvgIpc) is 2.47. The first kappa shape index (κ1) is 15.6. The fourth-order valence-electron chi connectivity index (χ4n) is 2.87. The first-order chi connectivity index (χ1) is 10.0. The second-order valence-electron chi connectivity index (χ2n) is 5.70. The van der Waals surface area contributed by atoms with Crippen molar-refractivity contribution in [1.29, 1.82) is 0 Å². The Labute approximate surface area is 126 Å². The molecule has 0 spiro atoms. The van der Waals surface area contributed by atoms with Gasteiger partial charge in [-0.05, 0) is 50.8 Å². The minimum Gasteiger partial charge on any atom is -0.397 e. The van der Waals surface area contributed by atoms with Crippen molar-refractivity contribution in [1.82, 2.24) is 5.32 Å². The van der Waals surface area contributed by atoms with Crippen molar-refractivity contribution in [3.8, 4) is 0 Å². The van der Waals surface area contributed by atoms with Gasteiger partial charge in [0, 0.05) is 25.2 Å². The van der Waals surface area contributed by atoms with Crippen molar-refractivity contribution >= 4 is 17.3 Å². The molecule has 1 fully saturated rings. The van der Waals surface area contributed by atoms with Gasteiger partial charge in [0.15, 0.2) is 0 Å². The van der Waals surface area contributed by atoms with Crippen molar-refractivity contribution in [2.45, 2.75) is 32.8 Å².